The number of carbonyl (C=O) groups is 3. The highest BCUT2D eigenvalue weighted by atomic mass is 16.2. The van der Waals surface area contributed by atoms with Crippen LogP contribution in [-0.2, 0) is 22.7 Å². The number of rotatable bonds is 5. The molecule has 0 saturated carbocycles. The van der Waals surface area contributed by atoms with E-state index in [0.29, 0.717) is 18.9 Å². The van der Waals surface area contributed by atoms with Crippen LogP contribution in [0, 0.1) is 5.92 Å². The molecule has 3 N–H and O–H groups in total. The zero-order chi connectivity index (χ0) is 19.7. The van der Waals surface area contributed by atoms with Crippen molar-refractivity contribution < 1.29 is 14.4 Å². The van der Waals surface area contributed by atoms with Crippen molar-refractivity contribution in [2.45, 2.75) is 51.2 Å². The number of amides is 3. The quantitative estimate of drug-likeness (QED) is 0.739. The summed E-state index contributed by atoms with van der Waals surface area (Å²) in [6.45, 7) is 3.96. The molecular formula is C21H28N4O3. The van der Waals surface area contributed by atoms with Gasteiger partial charge >= 0.3 is 0 Å². The molecule has 3 amide bonds. The number of imide groups is 1. The van der Waals surface area contributed by atoms with Gasteiger partial charge in [-0.15, -0.1) is 0 Å². The van der Waals surface area contributed by atoms with Crippen LogP contribution in [0.15, 0.2) is 18.2 Å². The van der Waals surface area contributed by atoms with E-state index < -0.39 is 6.04 Å². The summed E-state index contributed by atoms with van der Waals surface area (Å²) in [7, 11) is 0. The maximum Gasteiger partial charge on any atom is 0.255 e. The number of piperidine rings is 2. The van der Waals surface area contributed by atoms with Gasteiger partial charge in [-0.3, -0.25) is 24.6 Å². The van der Waals surface area contributed by atoms with Crippen LogP contribution in [0.25, 0.3) is 0 Å². The van der Waals surface area contributed by atoms with Crippen molar-refractivity contribution in [3.8, 4) is 0 Å². The Bertz CT molecular complexity index is 792. The molecule has 0 radical (unpaired) electrons. The minimum absolute atomic E-state index is 0.0874. The maximum absolute atomic E-state index is 13.2. The molecule has 2 atom stereocenters. The van der Waals surface area contributed by atoms with Crippen LogP contribution in [-0.4, -0.2) is 53.2 Å². The highest BCUT2D eigenvalue weighted by molar-refractivity contribution is 6.05. The van der Waals surface area contributed by atoms with E-state index in [1.54, 1.807) is 4.90 Å². The first-order valence-electron chi connectivity index (χ1n) is 10.2. The topological polar surface area (TPSA) is 95.7 Å². The Morgan fingerprint density at radius 1 is 1.18 bits per heavy atom. The van der Waals surface area contributed by atoms with Crippen LogP contribution in [0.1, 0.15) is 53.6 Å². The van der Waals surface area contributed by atoms with Crippen LogP contribution in [0.5, 0.6) is 0 Å². The SMILES string of the molecule is NCCC1CCCN(Cc2cccc3c2C(=O)N(C2CCC(=O)NC2=O)C3)C1. The standard InChI is InChI=1S/C21H28N4O3/c22-9-8-14-3-2-10-24(11-14)12-15-4-1-5-16-13-25(21(28)19(15)16)17-6-7-18(26)23-20(17)27/h1,4-5,14,17H,2-3,6-13,22H2,(H,23,26,27). The normalized spacial score (nSPS) is 25.8. The van der Waals surface area contributed by atoms with E-state index in [-0.39, 0.29) is 24.1 Å². The fourth-order valence-electron chi connectivity index (χ4n) is 4.83. The summed E-state index contributed by atoms with van der Waals surface area (Å²) in [6.07, 6.45) is 4.11. The molecule has 2 fully saturated rings. The lowest BCUT2D eigenvalue weighted by molar-refractivity contribution is -0.136. The van der Waals surface area contributed by atoms with Gasteiger partial charge in [0.05, 0.1) is 0 Å². The van der Waals surface area contributed by atoms with Gasteiger partial charge in [-0.2, -0.15) is 0 Å². The maximum atomic E-state index is 13.2. The second-order valence-electron chi connectivity index (χ2n) is 8.17. The summed E-state index contributed by atoms with van der Waals surface area (Å²) in [5.41, 5.74) is 8.48. The van der Waals surface area contributed by atoms with Crippen LogP contribution in [0.2, 0.25) is 0 Å². The number of nitrogens with zero attached hydrogens (tertiary/aromatic N) is 2. The Morgan fingerprint density at radius 3 is 2.82 bits per heavy atom. The van der Waals surface area contributed by atoms with Gasteiger partial charge < -0.3 is 10.6 Å². The zero-order valence-electron chi connectivity index (χ0n) is 16.2. The number of fused-ring (bicyclic) bond motifs is 1. The van der Waals surface area contributed by atoms with Gasteiger partial charge in [-0.05, 0) is 55.8 Å². The number of nitrogens with two attached hydrogens (primary N) is 1. The molecule has 3 aliphatic heterocycles. The zero-order valence-corrected chi connectivity index (χ0v) is 16.2. The predicted molar refractivity (Wildman–Crippen MR) is 104 cm³/mol. The van der Waals surface area contributed by atoms with Crippen LogP contribution in [0.4, 0.5) is 0 Å². The molecule has 0 bridgehead atoms. The molecule has 1 aromatic carbocycles. The van der Waals surface area contributed by atoms with Crippen molar-refractivity contribution >= 4 is 17.7 Å². The lowest BCUT2D eigenvalue weighted by Gasteiger charge is -2.33. The molecule has 150 valence electrons. The summed E-state index contributed by atoms with van der Waals surface area (Å²) >= 11 is 0. The first-order chi connectivity index (χ1) is 13.6. The fraction of sp³-hybridized carbons (Fsp3) is 0.571. The van der Waals surface area contributed by atoms with E-state index in [9.17, 15) is 14.4 Å². The van der Waals surface area contributed by atoms with Crippen LogP contribution in [0.3, 0.4) is 0 Å². The smallest absolute Gasteiger partial charge is 0.255 e. The third-order valence-corrected chi connectivity index (χ3v) is 6.21. The molecule has 3 heterocycles. The van der Waals surface area contributed by atoms with Gasteiger partial charge in [0.25, 0.3) is 5.91 Å². The van der Waals surface area contributed by atoms with E-state index in [4.69, 9.17) is 5.73 Å². The number of nitrogens with one attached hydrogen (secondary N) is 1. The van der Waals surface area contributed by atoms with Gasteiger partial charge in [0.1, 0.15) is 6.04 Å². The van der Waals surface area contributed by atoms with Gasteiger partial charge in [0.15, 0.2) is 0 Å². The number of benzene rings is 1. The highest BCUT2D eigenvalue weighted by Crippen LogP contribution is 2.31. The third kappa shape index (κ3) is 3.69. The predicted octanol–water partition coefficient (Wildman–Crippen LogP) is 1.01. The Balaban J connectivity index is 1.50. The van der Waals surface area contributed by atoms with Crippen molar-refractivity contribution in [3.63, 3.8) is 0 Å². The van der Waals surface area contributed by atoms with Crippen molar-refractivity contribution in [2.24, 2.45) is 11.7 Å². The van der Waals surface area contributed by atoms with Crippen molar-refractivity contribution in [2.75, 3.05) is 19.6 Å². The summed E-state index contributed by atoms with van der Waals surface area (Å²) in [6, 6.07) is 5.43. The first-order valence-corrected chi connectivity index (χ1v) is 10.2. The molecule has 2 saturated heterocycles. The van der Waals surface area contributed by atoms with Crippen molar-refractivity contribution in [1.82, 2.24) is 15.1 Å². The molecule has 3 aliphatic rings. The number of hydrogen-bond acceptors (Lipinski definition) is 5. The second kappa shape index (κ2) is 8.01. The number of likely N-dealkylation sites (tertiary alicyclic amines) is 1. The minimum Gasteiger partial charge on any atom is -0.330 e. The van der Waals surface area contributed by atoms with Crippen LogP contribution < -0.4 is 11.1 Å². The Kier molecular flexibility index (Phi) is 5.46. The molecule has 0 aliphatic carbocycles. The molecule has 2 unspecified atom stereocenters. The Labute approximate surface area is 165 Å². The fourth-order valence-corrected chi connectivity index (χ4v) is 4.83. The monoisotopic (exact) mass is 384 g/mol. The molecule has 7 heteroatoms. The summed E-state index contributed by atoms with van der Waals surface area (Å²) in [4.78, 5) is 40.9. The number of hydrogen-bond donors (Lipinski definition) is 2. The highest BCUT2D eigenvalue weighted by Gasteiger charge is 2.40. The first kappa shape index (κ1) is 19.1. The van der Waals surface area contributed by atoms with E-state index in [2.05, 4.69) is 10.2 Å². The molecule has 1 aromatic rings. The lowest BCUT2D eigenvalue weighted by atomic mass is 9.94. The summed E-state index contributed by atoms with van der Waals surface area (Å²) < 4.78 is 0. The molecule has 4 rings (SSSR count). The van der Waals surface area contributed by atoms with Gasteiger partial charge in [-0.1, -0.05) is 18.2 Å². The van der Waals surface area contributed by atoms with E-state index in [0.717, 1.165) is 55.7 Å². The average molecular weight is 384 g/mol. The molecular weight excluding hydrogens is 356 g/mol. The van der Waals surface area contributed by atoms with Gasteiger partial charge in [0.2, 0.25) is 11.8 Å². The molecule has 7 nitrogen and oxygen atoms in total. The second-order valence-corrected chi connectivity index (χ2v) is 8.17. The molecule has 0 aromatic heterocycles. The molecule has 28 heavy (non-hydrogen) atoms. The van der Waals surface area contributed by atoms with Crippen LogP contribution >= 0.6 is 0 Å². The largest absolute Gasteiger partial charge is 0.330 e. The van der Waals surface area contributed by atoms with Crippen molar-refractivity contribution in [3.05, 3.63) is 34.9 Å². The lowest BCUT2D eigenvalue weighted by Crippen LogP contribution is -2.52. The summed E-state index contributed by atoms with van der Waals surface area (Å²) in [5.74, 6) is -0.0790. The van der Waals surface area contributed by atoms with E-state index in [1.807, 2.05) is 18.2 Å². The molecule has 0 spiro atoms. The van der Waals surface area contributed by atoms with Gasteiger partial charge in [-0.25, -0.2) is 0 Å². The van der Waals surface area contributed by atoms with E-state index in [1.165, 1.54) is 6.42 Å². The summed E-state index contributed by atoms with van der Waals surface area (Å²) in [5, 5.41) is 2.36. The Morgan fingerprint density at radius 2 is 2.04 bits per heavy atom. The Hall–Kier alpha value is -2.25. The van der Waals surface area contributed by atoms with Crippen molar-refractivity contribution in [1.29, 1.82) is 0 Å². The van der Waals surface area contributed by atoms with E-state index >= 15 is 0 Å². The van der Waals surface area contributed by atoms with Gasteiger partial charge in [0, 0.05) is 31.6 Å². The minimum atomic E-state index is -0.561. The number of carbonyl (C=O) groups excluding carboxylic acids is 3. The third-order valence-electron chi connectivity index (χ3n) is 6.21. The average Bonchev–Trinajstić information content (AvgIpc) is 3.00.